The number of rotatable bonds is 7. The number of ketones is 1. The first kappa shape index (κ1) is 20.2. The van der Waals surface area contributed by atoms with E-state index >= 15 is 0 Å². The van der Waals surface area contributed by atoms with Crippen LogP contribution in [0.4, 0.5) is 0 Å². The molecule has 28 heavy (non-hydrogen) atoms. The first-order valence-corrected chi connectivity index (χ1v) is 10.6. The van der Waals surface area contributed by atoms with Crippen molar-refractivity contribution in [1.29, 1.82) is 0 Å². The van der Waals surface area contributed by atoms with Crippen LogP contribution >= 0.6 is 22.7 Å². The fourth-order valence-corrected chi connectivity index (χ4v) is 4.92. The molecule has 0 N–H and O–H groups in total. The molecule has 0 aliphatic carbocycles. The summed E-state index contributed by atoms with van der Waals surface area (Å²) in [5, 5.41) is 3.06. The SMILES string of the molecule is CCOC(=O)C(C)(C(=O)OCC)c1ccc(C(=O)c2cc3ccsc3s2)cc1. The normalized spacial score (nSPS) is 11.4. The van der Waals surface area contributed by atoms with Gasteiger partial charge in [-0.15, -0.1) is 22.7 Å². The highest BCUT2D eigenvalue weighted by molar-refractivity contribution is 7.38. The van der Waals surface area contributed by atoms with E-state index in [0.29, 0.717) is 16.0 Å². The predicted molar refractivity (Wildman–Crippen MR) is 110 cm³/mol. The topological polar surface area (TPSA) is 69.7 Å². The molecule has 1 aromatic carbocycles. The lowest BCUT2D eigenvalue weighted by Gasteiger charge is -2.25. The Hall–Kier alpha value is -2.51. The van der Waals surface area contributed by atoms with Crippen LogP contribution in [0.25, 0.3) is 9.40 Å². The second-order valence-electron chi connectivity index (χ2n) is 6.25. The largest absolute Gasteiger partial charge is 0.465 e. The molecule has 0 aliphatic heterocycles. The van der Waals surface area contributed by atoms with E-state index in [2.05, 4.69) is 0 Å². The highest BCUT2D eigenvalue weighted by Crippen LogP contribution is 2.32. The van der Waals surface area contributed by atoms with Gasteiger partial charge in [-0.1, -0.05) is 24.3 Å². The number of hydrogen-bond acceptors (Lipinski definition) is 7. The molecule has 0 saturated carbocycles. The number of thiophene rings is 2. The molecule has 0 fully saturated rings. The summed E-state index contributed by atoms with van der Waals surface area (Å²) in [5.74, 6) is -1.44. The molecule has 0 atom stereocenters. The lowest BCUT2D eigenvalue weighted by Crippen LogP contribution is -2.43. The summed E-state index contributed by atoms with van der Waals surface area (Å²) in [5.41, 5.74) is -0.667. The Balaban J connectivity index is 1.91. The van der Waals surface area contributed by atoms with Gasteiger partial charge in [-0.25, -0.2) is 0 Å². The third-order valence-corrected chi connectivity index (χ3v) is 6.67. The molecule has 0 aliphatic rings. The molecule has 5 nitrogen and oxygen atoms in total. The Bertz CT molecular complexity index is 967. The minimum Gasteiger partial charge on any atom is -0.465 e. The Morgan fingerprint density at radius 2 is 1.57 bits per heavy atom. The van der Waals surface area contributed by atoms with E-state index < -0.39 is 17.4 Å². The van der Waals surface area contributed by atoms with Crippen LogP contribution in [0.3, 0.4) is 0 Å². The molecule has 2 heterocycles. The third kappa shape index (κ3) is 3.59. The van der Waals surface area contributed by atoms with Gasteiger partial charge in [0.05, 0.1) is 22.1 Å². The van der Waals surface area contributed by atoms with Gasteiger partial charge >= 0.3 is 11.9 Å². The summed E-state index contributed by atoms with van der Waals surface area (Å²) in [6.07, 6.45) is 0. The summed E-state index contributed by atoms with van der Waals surface area (Å²) in [7, 11) is 0. The van der Waals surface area contributed by atoms with Gasteiger partial charge in [-0.2, -0.15) is 0 Å². The van der Waals surface area contributed by atoms with Gasteiger partial charge in [0.25, 0.3) is 0 Å². The van der Waals surface area contributed by atoms with Crippen molar-refractivity contribution in [1.82, 2.24) is 0 Å². The zero-order chi connectivity index (χ0) is 20.3. The van der Waals surface area contributed by atoms with Gasteiger partial charge in [-0.05, 0) is 43.8 Å². The van der Waals surface area contributed by atoms with E-state index in [-0.39, 0.29) is 19.0 Å². The first-order valence-electron chi connectivity index (χ1n) is 8.88. The van der Waals surface area contributed by atoms with Gasteiger partial charge in [0.15, 0.2) is 5.41 Å². The van der Waals surface area contributed by atoms with Crippen LogP contribution in [-0.4, -0.2) is 30.9 Å². The fourth-order valence-electron chi connectivity index (χ4n) is 2.84. The standard InChI is InChI=1S/C21H20O5S2/c1-4-25-19(23)21(3,20(24)26-5-2)15-8-6-13(7-9-15)17(22)16-12-14-10-11-27-18(14)28-16/h6-12H,4-5H2,1-3H3. The monoisotopic (exact) mass is 416 g/mol. The van der Waals surface area contributed by atoms with Crippen LogP contribution in [0, 0.1) is 0 Å². The smallest absolute Gasteiger partial charge is 0.327 e. The second kappa shape index (κ2) is 8.24. The van der Waals surface area contributed by atoms with Gasteiger partial charge in [0, 0.05) is 10.9 Å². The predicted octanol–water partition coefficient (Wildman–Crippen LogP) is 4.58. The van der Waals surface area contributed by atoms with Crippen molar-refractivity contribution in [2.24, 2.45) is 0 Å². The first-order chi connectivity index (χ1) is 13.4. The van der Waals surface area contributed by atoms with E-state index in [1.165, 1.54) is 18.3 Å². The number of fused-ring (bicyclic) bond motifs is 1. The summed E-state index contributed by atoms with van der Waals surface area (Å²) < 4.78 is 11.3. The maximum atomic E-state index is 12.8. The second-order valence-corrected chi connectivity index (χ2v) is 8.47. The Kier molecular flexibility index (Phi) is 5.96. The minimum absolute atomic E-state index is 0.0890. The van der Waals surface area contributed by atoms with Crippen molar-refractivity contribution in [2.75, 3.05) is 13.2 Å². The van der Waals surface area contributed by atoms with Crippen LogP contribution in [0.15, 0.2) is 41.8 Å². The number of hydrogen-bond donors (Lipinski definition) is 0. The van der Waals surface area contributed by atoms with Crippen molar-refractivity contribution in [3.8, 4) is 0 Å². The average molecular weight is 417 g/mol. The van der Waals surface area contributed by atoms with Crippen LogP contribution in [-0.2, 0) is 24.5 Å². The maximum absolute atomic E-state index is 12.8. The fraction of sp³-hybridized carbons (Fsp3) is 0.286. The maximum Gasteiger partial charge on any atom is 0.327 e. The van der Waals surface area contributed by atoms with E-state index in [1.807, 2.05) is 17.5 Å². The van der Waals surface area contributed by atoms with Crippen LogP contribution in [0.2, 0.25) is 0 Å². The lowest BCUT2D eigenvalue weighted by atomic mass is 9.82. The van der Waals surface area contributed by atoms with Gasteiger partial charge < -0.3 is 9.47 Å². The molecular formula is C21H20O5S2. The molecule has 0 unspecified atom stereocenters. The summed E-state index contributed by atoms with van der Waals surface area (Å²) in [6, 6.07) is 10.3. The summed E-state index contributed by atoms with van der Waals surface area (Å²) >= 11 is 3.07. The highest BCUT2D eigenvalue weighted by atomic mass is 32.2. The summed E-state index contributed by atoms with van der Waals surface area (Å²) in [6.45, 7) is 5.14. The van der Waals surface area contributed by atoms with Crippen LogP contribution in [0.5, 0.6) is 0 Å². The molecule has 0 radical (unpaired) electrons. The van der Waals surface area contributed by atoms with Gasteiger partial charge in [-0.3, -0.25) is 14.4 Å². The van der Waals surface area contributed by atoms with Crippen molar-refractivity contribution >= 4 is 49.8 Å². The highest BCUT2D eigenvalue weighted by Gasteiger charge is 2.46. The molecule has 7 heteroatoms. The van der Waals surface area contributed by atoms with E-state index in [9.17, 15) is 14.4 Å². The van der Waals surface area contributed by atoms with Crippen molar-refractivity contribution in [2.45, 2.75) is 26.2 Å². The molecule has 0 bridgehead atoms. The molecule has 0 saturated heterocycles. The number of carbonyl (C=O) groups is 3. The molecule has 3 aromatic rings. The average Bonchev–Trinajstić information content (AvgIpc) is 3.29. The van der Waals surface area contributed by atoms with Crippen molar-refractivity contribution < 1.29 is 23.9 Å². The van der Waals surface area contributed by atoms with E-state index in [4.69, 9.17) is 9.47 Å². The molecular weight excluding hydrogens is 396 g/mol. The lowest BCUT2D eigenvalue weighted by molar-refractivity contribution is -0.163. The van der Waals surface area contributed by atoms with Gasteiger partial charge in [0.1, 0.15) is 0 Å². The minimum atomic E-state index is -1.58. The zero-order valence-corrected chi connectivity index (χ0v) is 17.4. The van der Waals surface area contributed by atoms with E-state index in [0.717, 1.165) is 9.40 Å². The Labute approximate surface area is 170 Å². The zero-order valence-electron chi connectivity index (χ0n) is 15.8. The van der Waals surface area contributed by atoms with Crippen molar-refractivity contribution in [3.05, 3.63) is 57.8 Å². The quantitative estimate of drug-likeness (QED) is 0.320. The van der Waals surface area contributed by atoms with Crippen molar-refractivity contribution in [3.63, 3.8) is 0 Å². The molecule has 3 rings (SSSR count). The van der Waals surface area contributed by atoms with Crippen LogP contribution < -0.4 is 0 Å². The van der Waals surface area contributed by atoms with E-state index in [1.54, 1.807) is 49.4 Å². The Morgan fingerprint density at radius 3 is 2.11 bits per heavy atom. The number of ether oxygens (including phenoxy) is 2. The number of carbonyl (C=O) groups excluding carboxylic acids is 3. The number of esters is 2. The molecule has 0 amide bonds. The third-order valence-electron chi connectivity index (χ3n) is 4.46. The molecule has 0 spiro atoms. The Morgan fingerprint density at radius 1 is 0.964 bits per heavy atom. The van der Waals surface area contributed by atoms with Crippen LogP contribution in [0.1, 0.15) is 41.6 Å². The molecule has 146 valence electrons. The number of benzene rings is 1. The van der Waals surface area contributed by atoms with Gasteiger partial charge in [0.2, 0.25) is 5.78 Å². The summed E-state index contributed by atoms with van der Waals surface area (Å²) in [4.78, 5) is 38.4. The molecule has 2 aromatic heterocycles.